The molecule has 0 atom stereocenters. The van der Waals surface area contributed by atoms with Crippen molar-refractivity contribution in [3.05, 3.63) is 45.1 Å². The van der Waals surface area contributed by atoms with Gasteiger partial charge in [-0.25, -0.2) is 0 Å². The molecule has 1 aromatic rings. The molecule has 96 valence electrons. The molecular weight excluding hydrogens is 269 g/mol. The molecule has 0 aliphatic carbocycles. The molecule has 0 amide bonds. The van der Waals surface area contributed by atoms with E-state index < -0.39 is 0 Å². The molecule has 0 bridgehead atoms. The molecule has 0 aliphatic rings. The second-order valence-corrected chi connectivity index (χ2v) is 4.78. The second kappa shape index (κ2) is 7.31. The topological polar surface area (TPSA) is 33.0 Å². The van der Waals surface area contributed by atoms with E-state index in [0.29, 0.717) is 27.8 Å². The number of aryl methyl sites for hydroxylation is 1. The summed E-state index contributed by atoms with van der Waals surface area (Å²) in [6.07, 6.45) is 2.36. The quantitative estimate of drug-likeness (QED) is 0.577. The average molecular weight is 284 g/mol. The molecule has 0 fully saturated rings. The highest BCUT2D eigenvalue weighted by molar-refractivity contribution is 6.35. The number of nitriles is 1. The Balaban J connectivity index is 2.59. The largest absolute Gasteiger partial charge is 0.500 e. The summed E-state index contributed by atoms with van der Waals surface area (Å²) in [5.41, 5.74) is 1.73. The lowest BCUT2D eigenvalue weighted by atomic mass is 10.0. The third kappa shape index (κ3) is 4.25. The van der Waals surface area contributed by atoms with Crippen LogP contribution in [-0.4, -0.2) is 7.11 Å². The fourth-order valence-electron chi connectivity index (χ4n) is 1.61. The van der Waals surface area contributed by atoms with Crippen molar-refractivity contribution < 1.29 is 4.74 Å². The maximum absolute atomic E-state index is 8.98. The number of hydrogen-bond acceptors (Lipinski definition) is 2. The molecule has 0 aliphatic heterocycles. The highest BCUT2D eigenvalue weighted by Crippen LogP contribution is 2.23. The van der Waals surface area contributed by atoms with Crippen LogP contribution in [0.1, 0.15) is 25.3 Å². The van der Waals surface area contributed by atoms with E-state index in [2.05, 4.69) is 6.07 Å². The van der Waals surface area contributed by atoms with Crippen molar-refractivity contribution in [3.63, 3.8) is 0 Å². The zero-order chi connectivity index (χ0) is 13.5. The van der Waals surface area contributed by atoms with Crippen LogP contribution < -0.4 is 0 Å². The zero-order valence-electron chi connectivity index (χ0n) is 10.5. The smallest absolute Gasteiger partial charge is 0.106 e. The minimum absolute atomic E-state index is 0.636. The Kier molecular flexibility index (Phi) is 6.04. The summed E-state index contributed by atoms with van der Waals surface area (Å²) >= 11 is 11.9. The van der Waals surface area contributed by atoms with Gasteiger partial charge in [0.1, 0.15) is 5.76 Å². The number of halogens is 2. The van der Waals surface area contributed by atoms with Crippen LogP contribution in [0.3, 0.4) is 0 Å². The van der Waals surface area contributed by atoms with Gasteiger partial charge in [0.15, 0.2) is 0 Å². The molecule has 18 heavy (non-hydrogen) atoms. The Morgan fingerprint density at radius 3 is 2.67 bits per heavy atom. The van der Waals surface area contributed by atoms with E-state index in [1.54, 1.807) is 20.1 Å². The predicted octanol–water partition coefficient (Wildman–Crippen LogP) is 4.76. The van der Waals surface area contributed by atoms with Crippen LogP contribution in [-0.2, 0) is 11.2 Å². The lowest BCUT2D eigenvalue weighted by molar-refractivity contribution is 0.289. The molecule has 0 aromatic heterocycles. The van der Waals surface area contributed by atoms with Crippen molar-refractivity contribution in [1.82, 2.24) is 0 Å². The first-order chi connectivity index (χ1) is 8.58. The average Bonchev–Trinajstić information content (AvgIpc) is 2.36. The molecule has 2 nitrogen and oxygen atoms in total. The fraction of sp³-hybridized carbons (Fsp3) is 0.357. The molecule has 1 rings (SSSR count). The van der Waals surface area contributed by atoms with Gasteiger partial charge in [-0.15, -0.1) is 0 Å². The molecule has 1 aromatic carbocycles. The van der Waals surface area contributed by atoms with E-state index in [1.807, 2.05) is 12.1 Å². The van der Waals surface area contributed by atoms with Gasteiger partial charge in [0.25, 0.3) is 0 Å². The van der Waals surface area contributed by atoms with Gasteiger partial charge in [-0.1, -0.05) is 29.3 Å². The van der Waals surface area contributed by atoms with Gasteiger partial charge in [0.05, 0.1) is 18.8 Å². The van der Waals surface area contributed by atoms with E-state index in [-0.39, 0.29) is 0 Å². The highest BCUT2D eigenvalue weighted by atomic mass is 35.5. The number of allylic oxidation sites excluding steroid dienone is 2. The maximum atomic E-state index is 8.98. The predicted molar refractivity (Wildman–Crippen MR) is 74.7 cm³/mol. The zero-order valence-corrected chi connectivity index (χ0v) is 12.0. The molecule has 0 unspecified atom stereocenters. The molecule has 0 radical (unpaired) electrons. The Bertz CT molecular complexity index is 489. The summed E-state index contributed by atoms with van der Waals surface area (Å²) in [6, 6.07) is 7.64. The van der Waals surface area contributed by atoms with Crippen LogP contribution in [0.15, 0.2) is 29.5 Å². The van der Waals surface area contributed by atoms with Gasteiger partial charge in [-0.3, -0.25) is 0 Å². The molecular formula is C14H15Cl2NO. The monoisotopic (exact) mass is 283 g/mol. The van der Waals surface area contributed by atoms with Crippen LogP contribution in [0.2, 0.25) is 10.0 Å². The molecule has 0 N–H and O–H groups in total. The van der Waals surface area contributed by atoms with Gasteiger partial charge in [-0.05, 0) is 43.9 Å². The summed E-state index contributed by atoms with van der Waals surface area (Å²) < 4.78 is 5.06. The Morgan fingerprint density at radius 1 is 1.39 bits per heavy atom. The van der Waals surface area contributed by atoms with Gasteiger partial charge in [-0.2, -0.15) is 5.26 Å². The van der Waals surface area contributed by atoms with Crippen LogP contribution in [0.25, 0.3) is 0 Å². The van der Waals surface area contributed by atoms with Crippen molar-refractivity contribution in [3.8, 4) is 6.07 Å². The van der Waals surface area contributed by atoms with Crippen LogP contribution in [0.4, 0.5) is 0 Å². The van der Waals surface area contributed by atoms with E-state index >= 15 is 0 Å². The number of benzene rings is 1. The highest BCUT2D eigenvalue weighted by Gasteiger charge is 2.05. The fourth-order valence-corrected chi connectivity index (χ4v) is 2.12. The van der Waals surface area contributed by atoms with Crippen molar-refractivity contribution in [1.29, 1.82) is 5.26 Å². The third-order valence-electron chi connectivity index (χ3n) is 2.75. The number of hydrogen-bond donors (Lipinski definition) is 0. The lowest BCUT2D eigenvalue weighted by Crippen LogP contribution is -1.92. The molecule has 0 saturated heterocycles. The van der Waals surface area contributed by atoms with Crippen LogP contribution in [0, 0.1) is 11.3 Å². The summed E-state index contributed by atoms with van der Waals surface area (Å²) in [6.45, 7) is 1.80. The molecule has 0 spiro atoms. The van der Waals surface area contributed by atoms with E-state index in [4.69, 9.17) is 33.2 Å². The number of rotatable bonds is 5. The Morgan fingerprint density at radius 2 is 2.11 bits per heavy atom. The van der Waals surface area contributed by atoms with Gasteiger partial charge in [0.2, 0.25) is 0 Å². The van der Waals surface area contributed by atoms with Gasteiger partial charge >= 0.3 is 0 Å². The van der Waals surface area contributed by atoms with Gasteiger partial charge in [0, 0.05) is 10.0 Å². The first-order valence-electron chi connectivity index (χ1n) is 5.66. The van der Waals surface area contributed by atoms with Crippen LogP contribution >= 0.6 is 23.2 Å². The first kappa shape index (κ1) is 14.9. The Labute approximate surface area is 118 Å². The van der Waals surface area contributed by atoms with Crippen molar-refractivity contribution in [2.24, 2.45) is 0 Å². The second-order valence-electron chi connectivity index (χ2n) is 3.94. The molecule has 0 saturated carbocycles. The van der Waals surface area contributed by atoms with E-state index in [0.717, 1.165) is 18.4 Å². The molecule has 0 heterocycles. The molecule has 4 heteroatoms. The summed E-state index contributed by atoms with van der Waals surface area (Å²) in [7, 11) is 1.57. The summed E-state index contributed by atoms with van der Waals surface area (Å²) in [4.78, 5) is 0. The van der Waals surface area contributed by atoms with Gasteiger partial charge < -0.3 is 4.74 Å². The standard InChI is InChI=1S/C14H15Cl2NO/c1-10(18-2)12(9-17)5-3-4-11-6-7-13(15)8-14(11)16/h6-8H,3-5H2,1-2H3. The van der Waals surface area contributed by atoms with E-state index in [9.17, 15) is 0 Å². The Hall–Kier alpha value is -1.17. The normalized spacial score (nSPS) is 11.7. The first-order valence-corrected chi connectivity index (χ1v) is 6.42. The van der Waals surface area contributed by atoms with Crippen molar-refractivity contribution in [2.45, 2.75) is 26.2 Å². The SMILES string of the molecule is COC(C)=C(C#N)CCCc1ccc(Cl)cc1Cl. The summed E-state index contributed by atoms with van der Waals surface area (Å²) in [5, 5.41) is 10.3. The number of methoxy groups -OCH3 is 1. The van der Waals surface area contributed by atoms with Crippen LogP contribution in [0.5, 0.6) is 0 Å². The number of ether oxygens (including phenoxy) is 1. The summed E-state index contributed by atoms with van der Waals surface area (Å²) in [5.74, 6) is 0.680. The van der Waals surface area contributed by atoms with Crippen molar-refractivity contribution >= 4 is 23.2 Å². The minimum atomic E-state index is 0.636. The number of nitrogens with zero attached hydrogens (tertiary/aromatic N) is 1. The van der Waals surface area contributed by atoms with Crippen molar-refractivity contribution in [2.75, 3.05) is 7.11 Å². The van der Waals surface area contributed by atoms with E-state index in [1.165, 1.54) is 0 Å². The maximum Gasteiger partial charge on any atom is 0.106 e. The third-order valence-corrected chi connectivity index (χ3v) is 3.34. The minimum Gasteiger partial charge on any atom is -0.500 e. The lowest BCUT2D eigenvalue weighted by Gasteiger charge is -2.06.